The van der Waals surface area contributed by atoms with Gasteiger partial charge in [-0.3, -0.25) is 9.59 Å². The van der Waals surface area contributed by atoms with E-state index < -0.39 is 26.3 Å². The number of nitrogens with zero attached hydrogens (tertiary/aromatic N) is 1. The van der Waals surface area contributed by atoms with Gasteiger partial charge in [0.25, 0.3) is 11.7 Å². The van der Waals surface area contributed by atoms with Gasteiger partial charge in [-0.1, -0.05) is 17.7 Å². The third-order valence-corrected chi connectivity index (χ3v) is 6.37. The van der Waals surface area contributed by atoms with Gasteiger partial charge in [0.05, 0.1) is 26.8 Å². The zero-order chi connectivity index (χ0) is 16.0. The molecular formula is C14H16ClNO4S. The van der Waals surface area contributed by atoms with Gasteiger partial charge in [-0.15, -0.1) is 0 Å². The normalized spacial score (nSPS) is 15.5. The third-order valence-electron chi connectivity index (χ3n) is 3.47. The molecule has 0 spiro atoms. The number of amides is 1. The van der Waals surface area contributed by atoms with E-state index in [0.29, 0.717) is 5.69 Å². The summed E-state index contributed by atoms with van der Waals surface area (Å²) in [6, 6.07) is 4.74. The molecule has 0 fully saturated rings. The molecule has 0 unspecified atom stereocenters. The van der Waals surface area contributed by atoms with Crippen molar-refractivity contribution in [1.82, 2.24) is 0 Å². The average Bonchev–Trinajstić information content (AvgIpc) is 2.60. The highest BCUT2D eigenvalue weighted by molar-refractivity contribution is 7.92. The number of halogens is 1. The molecule has 0 saturated carbocycles. The molecule has 0 aromatic heterocycles. The molecule has 1 aliphatic rings. The van der Waals surface area contributed by atoms with E-state index in [1.54, 1.807) is 32.9 Å². The Hall–Kier alpha value is -1.40. The number of fused-ring (bicyclic) bond motifs is 1. The van der Waals surface area contributed by atoms with E-state index in [1.807, 2.05) is 0 Å². The molecule has 0 radical (unpaired) electrons. The molecule has 1 heterocycles. The number of hydrogen-bond acceptors (Lipinski definition) is 4. The van der Waals surface area contributed by atoms with Crippen LogP contribution in [0.1, 0.15) is 31.1 Å². The molecule has 0 atom stereocenters. The van der Waals surface area contributed by atoms with Gasteiger partial charge in [0, 0.05) is 6.54 Å². The Kier molecular flexibility index (Phi) is 3.88. The molecule has 7 heteroatoms. The first-order chi connectivity index (χ1) is 9.56. The summed E-state index contributed by atoms with van der Waals surface area (Å²) in [7, 11) is -3.38. The smallest absolute Gasteiger partial charge is 0.299 e. The minimum absolute atomic E-state index is 0.0580. The van der Waals surface area contributed by atoms with E-state index >= 15 is 0 Å². The van der Waals surface area contributed by atoms with Gasteiger partial charge >= 0.3 is 0 Å². The Labute approximate surface area is 128 Å². The average molecular weight is 330 g/mol. The first-order valence-electron chi connectivity index (χ1n) is 6.43. The predicted molar refractivity (Wildman–Crippen MR) is 81.7 cm³/mol. The molecule has 0 N–H and O–H groups in total. The molecule has 2 rings (SSSR count). The maximum atomic E-state index is 12.1. The van der Waals surface area contributed by atoms with Crippen LogP contribution in [0.2, 0.25) is 5.02 Å². The summed E-state index contributed by atoms with van der Waals surface area (Å²) in [6.45, 7) is 4.75. The third kappa shape index (κ3) is 2.70. The van der Waals surface area contributed by atoms with Crippen molar-refractivity contribution in [2.24, 2.45) is 0 Å². The van der Waals surface area contributed by atoms with Crippen LogP contribution < -0.4 is 4.90 Å². The maximum Gasteiger partial charge on any atom is 0.299 e. The minimum atomic E-state index is -3.38. The number of Topliss-reactive ketones (excluding diaryl/α,β-unsaturated/α-hetero) is 1. The second-order valence-electron chi connectivity index (χ2n) is 5.85. The zero-order valence-electron chi connectivity index (χ0n) is 12.0. The number of rotatable bonds is 3. The van der Waals surface area contributed by atoms with Gasteiger partial charge in [-0.05, 0) is 32.9 Å². The molecule has 5 nitrogen and oxygen atoms in total. The van der Waals surface area contributed by atoms with Gasteiger partial charge in [0.15, 0.2) is 9.84 Å². The van der Waals surface area contributed by atoms with Crippen LogP contribution in [-0.4, -0.2) is 37.2 Å². The summed E-state index contributed by atoms with van der Waals surface area (Å²) in [5.41, 5.74) is 0.527. The van der Waals surface area contributed by atoms with Crippen molar-refractivity contribution in [2.75, 3.05) is 17.2 Å². The highest BCUT2D eigenvalue weighted by atomic mass is 35.5. The van der Waals surface area contributed by atoms with E-state index in [1.165, 1.54) is 11.0 Å². The van der Waals surface area contributed by atoms with Crippen LogP contribution in [0.25, 0.3) is 0 Å². The lowest BCUT2D eigenvalue weighted by atomic mass is 10.1. The fourth-order valence-corrected chi connectivity index (χ4v) is 3.33. The van der Waals surface area contributed by atoms with Gasteiger partial charge in [-0.25, -0.2) is 8.42 Å². The molecule has 1 aliphatic heterocycles. The van der Waals surface area contributed by atoms with Crippen LogP contribution >= 0.6 is 11.6 Å². The number of anilines is 1. The van der Waals surface area contributed by atoms with Gasteiger partial charge in [0.2, 0.25) is 0 Å². The maximum absolute atomic E-state index is 12.1. The number of hydrogen-bond donors (Lipinski definition) is 0. The van der Waals surface area contributed by atoms with Crippen molar-refractivity contribution in [3.8, 4) is 0 Å². The Morgan fingerprint density at radius 2 is 1.81 bits per heavy atom. The van der Waals surface area contributed by atoms with E-state index in [-0.39, 0.29) is 22.9 Å². The Morgan fingerprint density at radius 1 is 1.19 bits per heavy atom. The van der Waals surface area contributed by atoms with E-state index in [0.717, 1.165) is 0 Å². The Morgan fingerprint density at radius 3 is 2.38 bits per heavy atom. The SMILES string of the molecule is CC(C)(C)S(=O)(=O)CCN1C(=O)C(=O)c2c(Cl)cccc21. The molecule has 1 amide bonds. The Balaban J connectivity index is 2.30. The zero-order valence-corrected chi connectivity index (χ0v) is 13.6. The second kappa shape index (κ2) is 5.10. The lowest BCUT2D eigenvalue weighted by Gasteiger charge is -2.22. The molecule has 1 aromatic rings. The quantitative estimate of drug-likeness (QED) is 0.796. The number of carbonyl (C=O) groups excluding carboxylic acids is 2. The first kappa shape index (κ1) is 16.0. The monoisotopic (exact) mass is 329 g/mol. The molecule has 0 aliphatic carbocycles. The van der Waals surface area contributed by atoms with Crippen molar-refractivity contribution in [3.63, 3.8) is 0 Å². The van der Waals surface area contributed by atoms with Crippen LogP contribution in [0.4, 0.5) is 5.69 Å². The minimum Gasteiger partial charge on any atom is -0.304 e. The summed E-state index contributed by atoms with van der Waals surface area (Å²) in [6.07, 6.45) is 0. The van der Waals surface area contributed by atoms with Crippen LogP contribution in [0, 0.1) is 0 Å². The second-order valence-corrected chi connectivity index (χ2v) is 9.12. The van der Waals surface area contributed by atoms with Crippen molar-refractivity contribution < 1.29 is 18.0 Å². The Bertz CT molecular complexity index is 719. The van der Waals surface area contributed by atoms with E-state index in [2.05, 4.69) is 0 Å². The number of benzene rings is 1. The first-order valence-corrected chi connectivity index (χ1v) is 8.46. The summed E-state index contributed by atoms with van der Waals surface area (Å²) in [4.78, 5) is 25.1. The molecule has 0 bridgehead atoms. The molecule has 21 heavy (non-hydrogen) atoms. The number of carbonyl (C=O) groups is 2. The van der Waals surface area contributed by atoms with Gasteiger partial charge in [-0.2, -0.15) is 0 Å². The summed E-state index contributed by atoms with van der Waals surface area (Å²) >= 11 is 5.94. The summed E-state index contributed by atoms with van der Waals surface area (Å²) in [5, 5.41) is 0.201. The van der Waals surface area contributed by atoms with E-state index in [9.17, 15) is 18.0 Å². The topological polar surface area (TPSA) is 71.5 Å². The van der Waals surface area contributed by atoms with Crippen LogP contribution in [-0.2, 0) is 14.6 Å². The fraction of sp³-hybridized carbons (Fsp3) is 0.429. The van der Waals surface area contributed by atoms with Crippen molar-refractivity contribution in [3.05, 3.63) is 28.8 Å². The predicted octanol–water partition coefficient (Wildman–Crippen LogP) is 2.08. The van der Waals surface area contributed by atoms with Gasteiger partial charge < -0.3 is 4.90 Å². The number of sulfone groups is 1. The lowest BCUT2D eigenvalue weighted by Crippen LogP contribution is -2.38. The largest absolute Gasteiger partial charge is 0.304 e. The molecular weight excluding hydrogens is 314 g/mol. The summed E-state index contributed by atoms with van der Waals surface area (Å²) in [5.74, 6) is -1.63. The summed E-state index contributed by atoms with van der Waals surface area (Å²) < 4.78 is 23.3. The van der Waals surface area contributed by atoms with Gasteiger partial charge in [0.1, 0.15) is 0 Å². The van der Waals surface area contributed by atoms with E-state index in [4.69, 9.17) is 11.6 Å². The van der Waals surface area contributed by atoms with Crippen molar-refractivity contribution >= 4 is 38.8 Å². The van der Waals surface area contributed by atoms with Crippen LogP contribution in [0.5, 0.6) is 0 Å². The van der Waals surface area contributed by atoms with Crippen molar-refractivity contribution in [1.29, 1.82) is 0 Å². The van der Waals surface area contributed by atoms with Crippen LogP contribution in [0.3, 0.4) is 0 Å². The highest BCUT2D eigenvalue weighted by Crippen LogP contribution is 2.34. The van der Waals surface area contributed by atoms with Crippen molar-refractivity contribution in [2.45, 2.75) is 25.5 Å². The lowest BCUT2D eigenvalue weighted by molar-refractivity contribution is -0.114. The standard InChI is InChI=1S/C14H16ClNO4S/c1-14(2,3)21(19,20)8-7-16-10-6-4-5-9(15)11(10)12(17)13(16)18/h4-6H,7-8H2,1-3H3. The molecule has 0 saturated heterocycles. The highest BCUT2D eigenvalue weighted by Gasteiger charge is 2.39. The fourth-order valence-electron chi connectivity index (χ4n) is 2.04. The molecule has 114 valence electrons. The van der Waals surface area contributed by atoms with Crippen LogP contribution in [0.15, 0.2) is 18.2 Å². The molecule has 1 aromatic carbocycles. The number of ketones is 1.